The van der Waals surface area contributed by atoms with E-state index in [1.54, 1.807) is 4.57 Å². The molecular formula is C23H26N4O3. The van der Waals surface area contributed by atoms with Crippen LogP contribution in [0.1, 0.15) is 30.8 Å². The highest BCUT2D eigenvalue weighted by Crippen LogP contribution is 2.20. The Bertz CT molecular complexity index is 1100. The third-order valence-corrected chi connectivity index (χ3v) is 5.40. The molecular weight excluding hydrogens is 380 g/mol. The van der Waals surface area contributed by atoms with E-state index in [2.05, 4.69) is 0 Å². The van der Waals surface area contributed by atoms with E-state index in [0.717, 1.165) is 11.3 Å². The van der Waals surface area contributed by atoms with Gasteiger partial charge in [-0.1, -0.05) is 30.3 Å². The van der Waals surface area contributed by atoms with Gasteiger partial charge in [-0.2, -0.15) is 0 Å². The third kappa shape index (κ3) is 3.99. The predicted octanol–water partition coefficient (Wildman–Crippen LogP) is 2.20. The van der Waals surface area contributed by atoms with Crippen LogP contribution in [0.25, 0.3) is 16.6 Å². The van der Waals surface area contributed by atoms with Gasteiger partial charge >= 0.3 is 0 Å². The van der Waals surface area contributed by atoms with Crippen molar-refractivity contribution in [3.8, 4) is 5.69 Å². The topological polar surface area (TPSA) is 90.5 Å². The number of aryl methyl sites for hydroxylation is 1. The Balaban J connectivity index is 1.75. The fourth-order valence-corrected chi connectivity index (χ4v) is 3.87. The van der Waals surface area contributed by atoms with Crippen molar-refractivity contribution < 1.29 is 9.53 Å². The van der Waals surface area contributed by atoms with E-state index in [4.69, 9.17) is 15.5 Å². The molecule has 1 atom stereocenters. The second kappa shape index (κ2) is 8.77. The zero-order valence-electron chi connectivity index (χ0n) is 17.1. The Morgan fingerprint density at radius 2 is 1.87 bits per heavy atom. The molecule has 1 amide bonds. The number of hydrogen-bond acceptors (Lipinski definition) is 5. The maximum Gasteiger partial charge on any atom is 0.266 e. The quantitative estimate of drug-likeness (QED) is 0.702. The van der Waals surface area contributed by atoms with Crippen LogP contribution in [0.3, 0.4) is 0 Å². The molecule has 3 aromatic rings. The summed E-state index contributed by atoms with van der Waals surface area (Å²) in [6.07, 6.45) is 0.829. The second-order valence-electron chi connectivity index (χ2n) is 7.54. The predicted molar refractivity (Wildman–Crippen MR) is 116 cm³/mol. The van der Waals surface area contributed by atoms with Crippen molar-refractivity contribution in [2.24, 2.45) is 5.73 Å². The first kappa shape index (κ1) is 20.3. The highest BCUT2D eigenvalue weighted by molar-refractivity contribution is 5.83. The Hall–Kier alpha value is -3.03. The summed E-state index contributed by atoms with van der Waals surface area (Å²) in [5.74, 6) is 0.596. The number of nitrogens with two attached hydrogens (primary N) is 1. The van der Waals surface area contributed by atoms with Gasteiger partial charge in [-0.05, 0) is 37.1 Å². The molecule has 30 heavy (non-hydrogen) atoms. The molecule has 7 heteroatoms. The molecule has 1 aliphatic rings. The van der Waals surface area contributed by atoms with E-state index in [-0.39, 0.29) is 11.5 Å². The maximum absolute atomic E-state index is 13.6. The fourth-order valence-electron chi connectivity index (χ4n) is 3.87. The lowest BCUT2D eigenvalue weighted by Gasteiger charge is -2.27. The van der Waals surface area contributed by atoms with Gasteiger partial charge in [-0.25, -0.2) is 4.98 Å². The first-order valence-corrected chi connectivity index (χ1v) is 10.3. The first-order chi connectivity index (χ1) is 14.6. The first-order valence-electron chi connectivity index (χ1n) is 10.3. The van der Waals surface area contributed by atoms with Crippen molar-refractivity contribution >= 4 is 16.8 Å². The molecule has 1 aliphatic heterocycles. The molecule has 1 unspecified atom stereocenters. The van der Waals surface area contributed by atoms with Gasteiger partial charge in [0.05, 0.1) is 35.8 Å². The van der Waals surface area contributed by atoms with Crippen molar-refractivity contribution in [1.82, 2.24) is 14.5 Å². The number of carbonyl (C=O) groups is 1. The smallest absolute Gasteiger partial charge is 0.266 e. The average molecular weight is 406 g/mol. The molecule has 1 saturated heterocycles. The van der Waals surface area contributed by atoms with Crippen LogP contribution in [0, 0.1) is 0 Å². The molecule has 2 N–H and O–H groups in total. The summed E-state index contributed by atoms with van der Waals surface area (Å²) >= 11 is 0. The van der Waals surface area contributed by atoms with Gasteiger partial charge in [0.2, 0.25) is 5.91 Å². The number of ether oxygens (including phenoxy) is 1. The number of carbonyl (C=O) groups excluding carboxylic acids is 1. The van der Waals surface area contributed by atoms with Gasteiger partial charge in [0.1, 0.15) is 5.82 Å². The summed E-state index contributed by atoms with van der Waals surface area (Å²) in [6, 6.07) is 14.6. The lowest BCUT2D eigenvalue weighted by Crippen LogP contribution is -2.40. The molecule has 7 nitrogen and oxygen atoms in total. The Morgan fingerprint density at radius 1 is 1.13 bits per heavy atom. The number of amides is 1. The van der Waals surface area contributed by atoms with Crippen molar-refractivity contribution in [1.29, 1.82) is 0 Å². The minimum atomic E-state index is -0.408. The molecule has 1 aromatic heterocycles. The van der Waals surface area contributed by atoms with Crippen LogP contribution in [0.15, 0.2) is 53.3 Å². The van der Waals surface area contributed by atoms with Gasteiger partial charge in [0.15, 0.2) is 0 Å². The zero-order chi connectivity index (χ0) is 21.1. The van der Waals surface area contributed by atoms with Crippen LogP contribution in [0.2, 0.25) is 0 Å². The fraction of sp³-hybridized carbons (Fsp3) is 0.348. The highest BCUT2D eigenvalue weighted by atomic mass is 16.5. The summed E-state index contributed by atoms with van der Waals surface area (Å²) < 4.78 is 6.90. The van der Waals surface area contributed by atoms with E-state index in [9.17, 15) is 9.59 Å². The van der Waals surface area contributed by atoms with Gasteiger partial charge in [0.25, 0.3) is 5.56 Å². The van der Waals surface area contributed by atoms with Crippen LogP contribution in [-0.2, 0) is 16.0 Å². The van der Waals surface area contributed by atoms with Crippen molar-refractivity contribution in [2.75, 3.05) is 26.3 Å². The second-order valence-corrected chi connectivity index (χ2v) is 7.54. The standard InChI is InChI=1S/C23H26N4O3/c1-16(24)22-25-19-9-5-6-17(10-11-20(28)26-12-14-30-15-13-26)21(19)23(29)27(22)18-7-3-2-4-8-18/h2-9,16H,10-15,24H2,1H3. The Labute approximate surface area is 175 Å². The number of aromatic nitrogens is 2. The number of para-hydroxylation sites is 1. The number of rotatable bonds is 5. The molecule has 0 radical (unpaired) electrons. The van der Waals surface area contributed by atoms with Gasteiger partial charge in [0, 0.05) is 19.5 Å². The molecule has 1 fully saturated rings. The van der Waals surface area contributed by atoms with E-state index >= 15 is 0 Å². The molecule has 0 bridgehead atoms. The maximum atomic E-state index is 13.6. The lowest BCUT2D eigenvalue weighted by molar-refractivity contribution is -0.135. The molecule has 0 saturated carbocycles. The van der Waals surface area contributed by atoms with Gasteiger partial charge < -0.3 is 15.4 Å². The minimum Gasteiger partial charge on any atom is -0.378 e. The molecule has 0 aliphatic carbocycles. The summed E-state index contributed by atoms with van der Waals surface area (Å²) in [7, 11) is 0. The lowest BCUT2D eigenvalue weighted by atomic mass is 10.0. The molecule has 0 spiro atoms. The van der Waals surface area contributed by atoms with Crippen molar-refractivity contribution in [2.45, 2.75) is 25.8 Å². The number of fused-ring (bicyclic) bond motifs is 1. The monoisotopic (exact) mass is 406 g/mol. The SMILES string of the molecule is CC(N)c1nc2cccc(CCC(=O)N3CCOCC3)c2c(=O)n1-c1ccccc1. The van der Waals surface area contributed by atoms with Crippen LogP contribution in [-0.4, -0.2) is 46.7 Å². The normalized spacial score (nSPS) is 15.3. The Kier molecular flexibility index (Phi) is 5.92. The highest BCUT2D eigenvalue weighted by Gasteiger charge is 2.20. The van der Waals surface area contributed by atoms with E-state index in [1.807, 2.05) is 60.4 Å². The number of morpholine rings is 1. The summed E-state index contributed by atoms with van der Waals surface area (Å²) in [5.41, 5.74) is 8.15. The average Bonchev–Trinajstić information content (AvgIpc) is 2.78. The molecule has 156 valence electrons. The van der Waals surface area contributed by atoms with Crippen molar-refractivity contribution in [3.63, 3.8) is 0 Å². The summed E-state index contributed by atoms with van der Waals surface area (Å²) in [6.45, 7) is 4.21. The van der Waals surface area contributed by atoms with Crippen LogP contribution < -0.4 is 11.3 Å². The minimum absolute atomic E-state index is 0.0823. The number of benzene rings is 2. The van der Waals surface area contributed by atoms with Crippen LogP contribution in [0.5, 0.6) is 0 Å². The zero-order valence-corrected chi connectivity index (χ0v) is 17.1. The molecule has 2 heterocycles. The largest absolute Gasteiger partial charge is 0.378 e. The molecule has 2 aromatic carbocycles. The van der Waals surface area contributed by atoms with Crippen molar-refractivity contribution in [3.05, 3.63) is 70.3 Å². The number of nitrogens with zero attached hydrogens (tertiary/aromatic N) is 3. The summed E-state index contributed by atoms with van der Waals surface area (Å²) in [5, 5.41) is 0.542. The van der Waals surface area contributed by atoms with Gasteiger partial charge in [-0.15, -0.1) is 0 Å². The molecule has 4 rings (SSSR count). The third-order valence-electron chi connectivity index (χ3n) is 5.40. The number of hydrogen-bond donors (Lipinski definition) is 1. The Morgan fingerprint density at radius 3 is 2.57 bits per heavy atom. The van der Waals surface area contributed by atoms with Crippen LogP contribution >= 0.6 is 0 Å². The van der Waals surface area contributed by atoms with Crippen LogP contribution in [0.4, 0.5) is 0 Å². The van der Waals surface area contributed by atoms with E-state index < -0.39 is 6.04 Å². The van der Waals surface area contributed by atoms with E-state index in [1.165, 1.54) is 0 Å². The van der Waals surface area contributed by atoms with E-state index in [0.29, 0.717) is 55.9 Å². The van der Waals surface area contributed by atoms with Gasteiger partial charge in [-0.3, -0.25) is 14.2 Å². The summed E-state index contributed by atoms with van der Waals surface area (Å²) in [4.78, 5) is 32.7.